The van der Waals surface area contributed by atoms with Crippen LogP contribution >= 0.6 is 0 Å². The predicted octanol–water partition coefficient (Wildman–Crippen LogP) is 0.518. The van der Waals surface area contributed by atoms with Crippen molar-refractivity contribution in [2.45, 2.75) is 52.0 Å². The van der Waals surface area contributed by atoms with E-state index in [1.807, 2.05) is 4.90 Å². The van der Waals surface area contributed by atoms with Gasteiger partial charge < -0.3 is 19.7 Å². The van der Waals surface area contributed by atoms with Crippen molar-refractivity contribution in [2.75, 3.05) is 26.2 Å². The molecule has 5 nitrogen and oxygen atoms in total. The minimum atomic E-state index is -1.08. The van der Waals surface area contributed by atoms with Gasteiger partial charge >= 0.3 is 0 Å². The largest absolute Gasteiger partial charge is 0.550 e. The molecule has 0 unspecified atom stereocenters. The smallest absolute Gasteiger partial charge is 0.222 e. The molecule has 1 N–H and O–H groups in total. The van der Waals surface area contributed by atoms with Gasteiger partial charge in [-0.25, -0.2) is 0 Å². The van der Waals surface area contributed by atoms with E-state index in [2.05, 4.69) is 45.0 Å². The van der Waals surface area contributed by atoms with Crippen LogP contribution in [0.4, 0.5) is 0 Å². The zero-order valence-corrected chi connectivity index (χ0v) is 15.6. The summed E-state index contributed by atoms with van der Waals surface area (Å²) in [5.41, 5.74) is 2.70. The van der Waals surface area contributed by atoms with Gasteiger partial charge in [-0.2, -0.15) is 0 Å². The van der Waals surface area contributed by atoms with Gasteiger partial charge in [0, 0.05) is 18.0 Å². The zero-order chi connectivity index (χ0) is 18.4. The van der Waals surface area contributed by atoms with E-state index in [9.17, 15) is 14.7 Å². The van der Waals surface area contributed by atoms with E-state index in [0.717, 1.165) is 26.2 Å². The fourth-order valence-electron chi connectivity index (χ4n) is 3.42. The molecule has 5 heteroatoms. The van der Waals surface area contributed by atoms with Crippen LogP contribution in [-0.4, -0.2) is 43.0 Å². The molecule has 1 aliphatic rings. The molecule has 25 heavy (non-hydrogen) atoms. The Morgan fingerprint density at radius 1 is 1.04 bits per heavy atom. The van der Waals surface area contributed by atoms with Crippen LogP contribution in [0.25, 0.3) is 0 Å². The van der Waals surface area contributed by atoms with Gasteiger partial charge in [-0.05, 0) is 31.2 Å². The van der Waals surface area contributed by atoms with Crippen LogP contribution < -0.4 is 10.0 Å². The second-order valence-electron chi connectivity index (χ2n) is 7.31. The monoisotopic (exact) mass is 346 g/mol. The minimum Gasteiger partial charge on any atom is -0.550 e. The van der Waals surface area contributed by atoms with Gasteiger partial charge in [-0.3, -0.25) is 4.79 Å². The summed E-state index contributed by atoms with van der Waals surface area (Å²) in [5, 5.41) is 10.4. The van der Waals surface area contributed by atoms with Crippen LogP contribution in [0.1, 0.15) is 63.1 Å². The Morgan fingerprint density at radius 2 is 1.60 bits per heavy atom. The first-order chi connectivity index (χ1) is 11.9. The standard InChI is InChI=1S/C20H30N2O3/c1-15(2)17-7-9-18(10-8-17)16(3)21-11-13-22(14-12-21)19(23)5-4-6-20(24)25/h7-10,15-16H,4-6,11-14H2,1-3H3,(H,24,25)/t16-/m0/s1. The third-order valence-electron chi connectivity index (χ3n) is 5.25. The number of hydrogen-bond donors (Lipinski definition) is 1. The van der Waals surface area contributed by atoms with E-state index in [-0.39, 0.29) is 12.3 Å². The number of rotatable bonds is 7. The number of nitrogens with zero attached hydrogens (tertiary/aromatic N) is 1. The Hall–Kier alpha value is -1.88. The van der Waals surface area contributed by atoms with Crippen molar-refractivity contribution in [1.29, 1.82) is 0 Å². The Kier molecular flexibility index (Phi) is 7.00. The summed E-state index contributed by atoms with van der Waals surface area (Å²) >= 11 is 0. The molecule has 0 bridgehead atoms. The molecule has 138 valence electrons. The van der Waals surface area contributed by atoms with Crippen molar-refractivity contribution >= 4 is 11.9 Å². The van der Waals surface area contributed by atoms with Gasteiger partial charge in [0.25, 0.3) is 0 Å². The molecular weight excluding hydrogens is 316 g/mol. The SMILES string of the molecule is CC(C)c1ccc([C@H](C)[NH+]2CCN(C(=O)CCCC(=O)[O-])CC2)cc1. The van der Waals surface area contributed by atoms with Gasteiger partial charge in [-0.15, -0.1) is 0 Å². The number of hydrogen-bond acceptors (Lipinski definition) is 3. The first-order valence-electron chi connectivity index (χ1n) is 9.30. The van der Waals surface area contributed by atoms with Crippen LogP contribution in [-0.2, 0) is 9.59 Å². The lowest BCUT2D eigenvalue weighted by Crippen LogP contribution is -3.14. The number of benzene rings is 1. The van der Waals surface area contributed by atoms with Crippen molar-refractivity contribution in [1.82, 2.24) is 4.90 Å². The maximum absolute atomic E-state index is 12.1. The quantitative estimate of drug-likeness (QED) is 0.783. The maximum Gasteiger partial charge on any atom is 0.222 e. The highest BCUT2D eigenvalue weighted by molar-refractivity contribution is 5.76. The topological polar surface area (TPSA) is 64.9 Å². The second kappa shape index (κ2) is 8.99. The minimum absolute atomic E-state index is 0.0413. The van der Waals surface area contributed by atoms with Gasteiger partial charge in [0.15, 0.2) is 0 Å². The summed E-state index contributed by atoms with van der Waals surface area (Å²) in [7, 11) is 0. The number of amides is 1. The molecule has 0 aromatic heterocycles. The molecule has 1 saturated heterocycles. The first-order valence-corrected chi connectivity index (χ1v) is 9.30. The highest BCUT2D eigenvalue weighted by atomic mass is 16.4. The lowest BCUT2D eigenvalue weighted by Gasteiger charge is -2.35. The highest BCUT2D eigenvalue weighted by Gasteiger charge is 2.27. The van der Waals surface area contributed by atoms with E-state index >= 15 is 0 Å². The van der Waals surface area contributed by atoms with Crippen molar-refractivity contribution in [3.8, 4) is 0 Å². The summed E-state index contributed by atoms with van der Waals surface area (Å²) < 4.78 is 0. The summed E-state index contributed by atoms with van der Waals surface area (Å²) in [5.74, 6) is -0.475. The van der Waals surface area contributed by atoms with Crippen LogP contribution in [0.2, 0.25) is 0 Å². The van der Waals surface area contributed by atoms with E-state index in [1.54, 1.807) is 0 Å². The number of aliphatic carboxylic acids is 1. The molecule has 1 aromatic carbocycles. The molecule has 0 aliphatic carbocycles. The summed E-state index contributed by atoms with van der Waals surface area (Å²) in [6, 6.07) is 9.30. The van der Waals surface area contributed by atoms with Gasteiger partial charge in [0.1, 0.15) is 6.04 Å². The summed E-state index contributed by atoms with van der Waals surface area (Å²) in [6.45, 7) is 10.00. The molecule has 1 fully saturated rings. The lowest BCUT2D eigenvalue weighted by atomic mass is 9.99. The first kappa shape index (κ1) is 19.4. The summed E-state index contributed by atoms with van der Waals surface area (Å²) in [4.78, 5) is 25.9. The number of nitrogens with one attached hydrogen (secondary N) is 1. The van der Waals surface area contributed by atoms with Gasteiger partial charge in [-0.1, -0.05) is 38.1 Å². The van der Waals surface area contributed by atoms with Crippen molar-refractivity contribution in [2.24, 2.45) is 0 Å². The molecule has 1 amide bonds. The molecule has 1 heterocycles. The number of carboxylic acids is 1. The van der Waals surface area contributed by atoms with Crippen molar-refractivity contribution in [3.63, 3.8) is 0 Å². The molecular formula is C20H30N2O3. The molecule has 1 atom stereocenters. The number of carbonyl (C=O) groups excluding carboxylic acids is 2. The molecule has 1 aliphatic heterocycles. The Balaban J connectivity index is 1.82. The predicted molar refractivity (Wildman–Crippen MR) is 95.1 cm³/mol. The Labute approximate surface area is 150 Å². The second-order valence-corrected chi connectivity index (χ2v) is 7.31. The van der Waals surface area contributed by atoms with Crippen LogP contribution in [0.5, 0.6) is 0 Å². The summed E-state index contributed by atoms with van der Waals surface area (Å²) in [6.07, 6.45) is 0.628. The molecule has 0 spiro atoms. The average Bonchev–Trinajstić information content (AvgIpc) is 2.61. The Morgan fingerprint density at radius 3 is 2.12 bits per heavy atom. The zero-order valence-electron chi connectivity index (χ0n) is 15.6. The van der Waals surface area contributed by atoms with Gasteiger partial charge in [0.05, 0.1) is 26.2 Å². The normalized spacial score (nSPS) is 16.9. The number of piperazine rings is 1. The lowest BCUT2D eigenvalue weighted by molar-refractivity contribution is -0.933. The van der Waals surface area contributed by atoms with Crippen molar-refractivity contribution < 1.29 is 19.6 Å². The van der Waals surface area contributed by atoms with Crippen molar-refractivity contribution in [3.05, 3.63) is 35.4 Å². The molecule has 0 radical (unpaired) electrons. The third-order valence-corrected chi connectivity index (χ3v) is 5.25. The fourth-order valence-corrected chi connectivity index (χ4v) is 3.42. The fraction of sp³-hybridized carbons (Fsp3) is 0.600. The third kappa shape index (κ3) is 5.56. The molecule has 0 saturated carbocycles. The van der Waals surface area contributed by atoms with Crippen LogP contribution in [0.3, 0.4) is 0 Å². The Bertz CT molecular complexity index is 575. The van der Waals surface area contributed by atoms with E-state index < -0.39 is 5.97 Å². The van der Waals surface area contributed by atoms with E-state index in [4.69, 9.17) is 0 Å². The highest BCUT2D eigenvalue weighted by Crippen LogP contribution is 2.17. The molecule has 2 rings (SSSR count). The van der Waals surface area contributed by atoms with Crippen LogP contribution in [0.15, 0.2) is 24.3 Å². The maximum atomic E-state index is 12.1. The van der Waals surface area contributed by atoms with E-state index in [1.165, 1.54) is 16.0 Å². The average molecular weight is 346 g/mol. The van der Waals surface area contributed by atoms with Gasteiger partial charge in [0.2, 0.25) is 5.91 Å². The number of carbonyl (C=O) groups is 2. The molecule has 1 aromatic rings. The van der Waals surface area contributed by atoms with E-state index in [0.29, 0.717) is 24.8 Å². The number of carboxylic acid groups (broad SMARTS) is 1. The van der Waals surface area contributed by atoms with Crippen LogP contribution in [0, 0.1) is 0 Å². The number of quaternary nitrogens is 1.